The molecular weight excluding hydrogens is 430 g/mol. The zero-order valence-electron chi connectivity index (χ0n) is 18.0. The molecule has 1 aliphatic rings. The molecule has 0 saturated heterocycles. The number of anilines is 1. The quantitative estimate of drug-likeness (QED) is 0.321. The Morgan fingerprint density at radius 1 is 1.06 bits per heavy atom. The second kappa shape index (κ2) is 9.42. The van der Waals surface area contributed by atoms with E-state index in [9.17, 15) is 19.8 Å². The van der Waals surface area contributed by atoms with Crippen LogP contribution in [-0.2, 0) is 4.79 Å². The van der Waals surface area contributed by atoms with Crippen LogP contribution in [-0.4, -0.2) is 46.3 Å². The number of nitrogens with two attached hydrogens (primary N) is 1. The Morgan fingerprint density at radius 2 is 1.69 bits per heavy atom. The summed E-state index contributed by atoms with van der Waals surface area (Å²) < 4.78 is 0. The highest BCUT2D eigenvalue weighted by atomic mass is 35.5. The fourth-order valence-electron chi connectivity index (χ4n) is 4.14. The summed E-state index contributed by atoms with van der Waals surface area (Å²) in [4.78, 5) is 24.5. The van der Waals surface area contributed by atoms with Gasteiger partial charge in [0.05, 0.1) is 0 Å². The average molecular weight is 458 g/mol. The van der Waals surface area contributed by atoms with Gasteiger partial charge in [0.15, 0.2) is 11.5 Å². The average Bonchev–Trinajstić information content (AvgIpc) is 2.77. The lowest BCUT2D eigenvalue weighted by Gasteiger charge is -2.47. The van der Waals surface area contributed by atoms with Gasteiger partial charge in [-0.25, -0.2) is 0 Å². The van der Waals surface area contributed by atoms with Crippen molar-refractivity contribution in [2.45, 2.75) is 31.1 Å². The van der Waals surface area contributed by atoms with Crippen LogP contribution in [0.2, 0.25) is 5.02 Å². The number of rotatable bonds is 7. The van der Waals surface area contributed by atoms with Crippen molar-refractivity contribution >= 4 is 29.0 Å². The van der Waals surface area contributed by atoms with Gasteiger partial charge in [0.2, 0.25) is 0 Å². The van der Waals surface area contributed by atoms with E-state index in [-0.39, 0.29) is 5.91 Å². The van der Waals surface area contributed by atoms with Crippen molar-refractivity contribution in [1.29, 1.82) is 0 Å². The van der Waals surface area contributed by atoms with E-state index in [4.69, 9.17) is 17.3 Å². The van der Waals surface area contributed by atoms with E-state index < -0.39 is 28.9 Å². The molecule has 4 atom stereocenters. The normalized spacial score (nSPS) is 27.1. The van der Waals surface area contributed by atoms with Gasteiger partial charge in [-0.3, -0.25) is 9.59 Å². The van der Waals surface area contributed by atoms with Crippen LogP contribution in [0.1, 0.15) is 35.7 Å². The molecule has 0 fully saturated rings. The highest BCUT2D eigenvalue weighted by molar-refractivity contribution is 6.30. The first-order chi connectivity index (χ1) is 15.1. The highest BCUT2D eigenvalue weighted by Gasteiger charge is 2.52. The number of amides is 1. The number of ketones is 1. The number of hydrogen-bond donors (Lipinski definition) is 5. The van der Waals surface area contributed by atoms with Crippen molar-refractivity contribution in [3.8, 4) is 0 Å². The second-order valence-electron chi connectivity index (χ2n) is 8.11. The van der Waals surface area contributed by atoms with E-state index in [0.29, 0.717) is 34.9 Å². The number of aliphatic hydroxyl groups is 2. The summed E-state index contributed by atoms with van der Waals surface area (Å²) in [5.74, 6) is -2.06. The van der Waals surface area contributed by atoms with Crippen LogP contribution >= 0.6 is 11.6 Å². The molecule has 7 nitrogen and oxygen atoms in total. The minimum Gasteiger partial charge on any atom is -0.378 e. The van der Waals surface area contributed by atoms with Crippen LogP contribution in [0.3, 0.4) is 0 Å². The number of benzene rings is 2. The Hall–Kier alpha value is -2.71. The van der Waals surface area contributed by atoms with Gasteiger partial charge in [-0.15, -0.1) is 0 Å². The molecule has 2 aromatic rings. The van der Waals surface area contributed by atoms with Crippen molar-refractivity contribution in [3.63, 3.8) is 0 Å². The molecule has 32 heavy (non-hydrogen) atoms. The third-order valence-electron chi connectivity index (χ3n) is 5.97. The monoisotopic (exact) mass is 457 g/mol. The zero-order valence-corrected chi connectivity index (χ0v) is 18.8. The van der Waals surface area contributed by atoms with E-state index in [1.165, 1.54) is 19.1 Å². The van der Waals surface area contributed by atoms with E-state index in [1.807, 2.05) is 0 Å². The van der Waals surface area contributed by atoms with Crippen molar-refractivity contribution in [2.75, 3.05) is 18.4 Å². The van der Waals surface area contributed by atoms with Crippen molar-refractivity contribution in [1.82, 2.24) is 5.32 Å². The second-order valence-corrected chi connectivity index (χ2v) is 8.54. The van der Waals surface area contributed by atoms with E-state index in [0.717, 1.165) is 0 Å². The van der Waals surface area contributed by atoms with Gasteiger partial charge < -0.3 is 26.6 Å². The molecule has 2 unspecified atom stereocenters. The van der Waals surface area contributed by atoms with Gasteiger partial charge in [-0.2, -0.15) is 0 Å². The van der Waals surface area contributed by atoms with E-state index in [1.54, 1.807) is 55.5 Å². The molecule has 1 amide bonds. The van der Waals surface area contributed by atoms with Gasteiger partial charge in [0, 0.05) is 41.2 Å². The van der Waals surface area contributed by atoms with Crippen LogP contribution in [0, 0.1) is 5.92 Å². The minimum absolute atomic E-state index is 0.256. The predicted molar refractivity (Wildman–Crippen MR) is 125 cm³/mol. The summed E-state index contributed by atoms with van der Waals surface area (Å²) in [5.41, 5.74) is 3.79. The summed E-state index contributed by atoms with van der Waals surface area (Å²) in [6.45, 7) is 3.73. The Bertz CT molecular complexity index is 1010. The van der Waals surface area contributed by atoms with Crippen LogP contribution < -0.4 is 16.4 Å². The number of Topliss-reactive ketones (excluding diaryl/α,β-unsaturated/α-hetero) is 1. The molecule has 0 radical (unpaired) electrons. The molecule has 1 aliphatic carbocycles. The van der Waals surface area contributed by atoms with Gasteiger partial charge in [-0.05, 0) is 61.0 Å². The molecule has 0 aromatic heterocycles. The lowest BCUT2D eigenvalue weighted by molar-refractivity contribution is -0.138. The fraction of sp³-hybridized carbons (Fsp3) is 0.333. The van der Waals surface area contributed by atoms with E-state index >= 15 is 0 Å². The summed E-state index contributed by atoms with van der Waals surface area (Å²) in [6.07, 6.45) is 2.75. The molecule has 0 saturated carbocycles. The maximum Gasteiger partial charge on any atom is 0.251 e. The Labute approximate surface area is 192 Å². The van der Waals surface area contributed by atoms with Crippen LogP contribution in [0.15, 0.2) is 60.7 Å². The molecule has 3 rings (SSSR count). The Balaban J connectivity index is 2.01. The number of carbonyl (C=O) groups is 2. The molecule has 2 aromatic carbocycles. The summed E-state index contributed by atoms with van der Waals surface area (Å²) in [6, 6.07) is 13.6. The summed E-state index contributed by atoms with van der Waals surface area (Å²) >= 11 is 5.97. The van der Waals surface area contributed by atoms with E-state index in [2.05, 4.69) is 10.6 Å². The fourth-order valence-corrected chi connectivity index (χ4v) is 4.26. The number of hydrogen-bond acceptors (Lipinski definition) is 6. The zero-order chi connectivity index (χ0) is 23.5. The van der Waals surface area contributed by atoms with Gasteiger partial charge in [-0.1, -0.05) is 30.7 Å². The highest BCUT2D eigenvalue weighted by Crippen LogP contribution is 2.46. The topological polar surface area (TPSA) is 125 Å². The summed E-state index contributed by atoms with van der Waals surface area (Å²) in [5, 5.41) is 29.1. The van der Waals surface area contributed by atoms with Crippen molar-refractivity contribution < 1.29 is 19.8 Å². The predicted octanol–water partition coefficient (Wildman–Crippen LogP) is 2.44. The van der Waals surface area contributed by atoms with Crippen molar-refractivity contribution in [2.24, 2.45) is 11.7 Å². The van der Waals surface area contributed by atoms with Crippen LogP contribution in [0.5, 0.6) is 0 Å². The third-order valence-corrected chi connectivity index (χ3v) is 6.23. The first kappa shape index (κ1) is 23.9. The van der Waals surface area contributed by atoms with Crippen LogP contribution in [0.4, 0.5) is 5.69 Å². The number of nitrogens with one attached hydrogen (secondary N) is 2. The lowest BCUT2D eigenvalue weighted by atomic mass is 9.65. The maximum absolute atomic E-state index is 12.3. The Morgan fingerprint density at radius 3 is 2.25 bits per heavy atom. The standard InChI is InChI=1S/C24H28ClN3O4/c1-15-21(17-3-5-18(6-4-17)22(30)27-14-13-26)24(32,12-11-23(15,31)16(2)29)28-20-9-7-19(25)8-10-20/h3-12,15,21,28,31-32H,13-14,26H2,1-2H3,(H,27,30)/t15-,21?,23?,24+/m0/s1. The maximum atomic E-state index is 12.3. The lowest BCUT2D eigenvalue weighted by Crippen LogP contribution is -2.56. The minimum atomic E-state index is -1.74. The van der Waals surface area contributed by atoms with Gasteiger partial charge >= 0.3 is 0 Å². The SMILES string of the molecule is CC(=O)C1(O)C=C[C@](O)(Nc2ccc(Cl)cc2)C(c2ccc(C(=O)NCCN)cc2)[C@@H]1C. The first-order valence-electron chi connectivity index (χ1n) is 10.4. The molecule has 0 spiro atoms. The first-order valence-corrected chi connectivity index (χ1v) is 10.8. The molecule has 6 N–H and O–H groups in total. The van der Waals surface area contributed by atoms with Crippen molar-refractivity contribution in [3.05, 3.63) is 76.8 Å². The number of halogens is 1. The molecular formula is C24H28ClN3O4. The molecule has 0 heterocycles. The molecule has 0 bridgehead atoms. The molecule has 0 aliphatic heterocycles. The Kier molecular flexibility index (Phi) is 7.05. The smallest absolute Gasteiger partial charge is 0.251 e. The molecule has 170 valence electrons. The summed E-state index contributed by atoms with van der Waals surface area (Å²) in [7, 11) is 0. The third kappa shape index (κ3) is 4.71. The number of carbonyl (C=O) groups excluding carboxylic acids is 2. The van der Waals surface area contributed by atoms with Crippen LogP contribution in [0.25, 0.3) is 0 Å². The van der Waals surface area contributed by atoms with Gasteiger partial charge in [0.1, 0.15) is 5.60 Å². The van der Waals surface area contributed by atoms with Gasteiger partial charge in [0.25, 0.3) is 5.91 Å². The largest absolute Gasteiger partial charge is 0.378 e. The molecule has 8 heteroatoms.